The van der Waals surface area contributed by atoms with E-state index in [1.54, 1.807) is 14.2 Å². The van der Waals surface area contributed by atoms with Crippen LogP contribution in [0.4, 0.5) is 0 Å². The molecule has 0 aliphatic heterocycles. The van der Waals surface area contributed by atoms with Crippen molar-refractivity contribution in [2.75, 3.05) is 14.2 Å². The van der Waals surface area contributed by atoms with Crippen molar-refractivity contribution in [3.63, 3.8) is 0 Å². The third-order valence-electron chi connectivity index (χ3n) is 3.94. The van der Waals surface area contributed by atoms with Crippen LogP contribution < -0.4 is 14.8 Å². The van der Waals surface area contributed by atoms with Gasteiger partial charge in [-0.1, -0.05) is 48.5 Å². The molecule has 0 spiro atoms. The zero-order chi connectivity index (χ0) is 16.1. The lowest BCUT2D eigenvalue weighted by atomic mass is 10.1. The summed E-state index contributed by atoms with van der Waals surface area (Å²) in [5.74, 6) is 1.55. The van der Waals surface area contributed by atoms with Crippen LogP contribution in [0, 0.1) is 0 Å². The molecule has 0 heterocycles. The Morgan fingerprint density at radius 3 is 2.39 bits per heavy atom. The number of benzene rings is 3. The van der Waals surface area contributed by atoms with Gasteiger partial charge in [-0.25, -0.2) is 0 Å². The minimum Gasteiger partial charge on any atom is -0.493 e. The van der Waals surface area contributed by atoms with E-state index >= 15 is 0 Å². The predicted molar refractivity (Wildman–Crippen MR) is 94.0 cm³/mol. The molecule has 3 nitrogen and oxygen atoms in total. The van der Waals surface area contributed by atoms with Crippen LogP contribution in [0.1, 0.15) is 11.1 Å². The first-order valence-corrected chi connectivity index (χ1v) is 7.70. The van der Waals surface area contributed by atoms with Crippen molar-refractivity contribution in [3.8, 4) is 11.5 Å². The number of fused-ring (bicyclic) bond motifs is 1. The lowest BCUT2D eigenvalue weighted by Gasteiger charge is -2.13. The largest absolute Gasteiger partial charge is 0.493 e. The van der Waals surface area contributed by atoms with Gasteiger partial charge in [0, 0.05) is 18.7 Å². The molecule has 0 atom stereocenters. The van der Waals surface area contributed by atoms with Crippen LogP contribution in [-0.2, 0) is 13.1 Å². The third-order valence-corrected chi connectivity index (χ3v) is 3.94. The van der Waals surface area contributed by atoms with Crippen LogP contribution in [0.2, 0.25) is 0 Å². The maximum absolute atomic E-state index is 5.46. The van der Waals surface area contributed by atoms with Crippen molar-refractivity contribution in [2.24, 2.45) is 0 Å². The lowest BCUT2D eigenvalue weighted by molar-refractivity contribution is 0.350. The van der Waals surface area contributed by atoms with Gasteiger partial charge in [0.2, 0.25) is 0 Å². The average Bonchev–Trinajstić information content (AvgIpc) is 2.61. The fraction of sp³-hybridized carbons (Fsp3) is 0.200. The molecule has 0 aromatic heterocycles. The monoisotopic (exact) mass is 307 g/mol. The number of para-hydroxylation sites is 1. The first kappa shape index (κ1) is 15.4. The van der Waals surface area contributed by atoms with Crippen LogP contribution >= 0.6 is 0 Å². The van der Waals surface area contributed by atoms with Gasteiger partial charge >= 0.3 is 0 Å². The predicted octanol–water partition coefficient (Wildman–Crippen LogP) is 4.15. The lowest BCUT2D eigenvalue weighted by Crippen LogP contribution is -2.13. The topological polar surface area (TPSA) is 30.5 Å². The van der Waals surface area contributed by atoms with Gasteiger partial charge in [-0.3, -0.25) is 0 Å². The number of nitrogens with one attached hydrogen (secondary N) is 1. The maximum Gasteiger partial charge on any atom is 0.165 e. The van der Waals surface area contributed by atoms with Crippen molar-refractivity contribution in [1.82, 2.24) is 5.32 Å². The van der Waals surface area contributed by atoms with E-state index in [0.717, 1.165) is 30.2 Å². The summed E-state index contributed by atoms with van der Waals surface area (Å²) in [5, 5.41) is 6.01. The minimum absolute atomic E-state index is 0.729. The molecule has 3 heteroatoms. The molecule has 0 saturated heterocycles. The van der Waals surface area contributed by atoms with Gasteiger partial charge < -0.3 is 14.8 Å². The number of ether oxygens (including phenoxy) is 2. The van der Waals surface area contributed by atoms with Crippen molar-refractivity contribution in [3.05, 3.63) is 71.8 Å². The molecule has 3 aromatic carbocycles. The molecule has 0 saturated carbocycles. The van der Waals surface area contributed by atoms with Crippen LogP contribution in [0.25, 0.3) is 10.8 Å². The van der Waals surface area contributed by atoms with Gasteiger partial charge in [0.05, 0.1) is 14.2 Å². The Labute approximate surface area is 136 Å². The van der Waals surface area contributed by atoms with Crippen molar-refractivity contribution < 1.29 is 9.47 Å². The fourth-order valence-corrected chi connectivity index (χ4v) is 2.78. The zero-order valence-electron chi connectivity index (χ0n) is 13.5. The molecular formula is C20H21NO2. The summed E-state index contributed by atoms with van der Waals surface area (Å²) in [6.45, 7) is 1.54. The summed E-state index contributed by atoms with van der Waals surface area (Å²) in [6.07, 6.45) is 0. The maximum atomic E-state index is 5.46. The van der Waals surface area contributed by atoms with Gasteiger partial charge in [0.1, 0.15) is 0 Å². The summed E-state index contributed by atoms with van der Waals surface area (Å²) < 4.78 is 10.8. The average molecular weight is 307 g/mol. The quantitative estimate of drug-likeness (QED) is 0.742. The number of rotatable bonds is 6. The Balaban J connectivity index is 1.69. The standard InChI is InChI=1S/C20H21NO2/c1-22-19-9-5-8-18(20(19)23-2)14-21-13-15-10-11-16-6-3-4-7-17(16)12-15/h3-12,21H,13-14H2,1-2H3. The summed E-state index contributed by atoms with van der Waals surface area (Å²) in [5.41, 5.74) is 2.36. The SMILES string of the molecule is COc1cccc(CNCc2ccc3ccccc3c2)c1OC. The molecule has 0 unspecified atom stereocenters. The highest BCUT2D eigenvalue weighted by molar-refractivity contribution is 5.82. The van der Waals surface area contributed by atoms with Gasteiger partial charge in [-0.05, 0) is 28.5 Å². The molecule has 23 heavy (non-hydrogen) atoms. The first-order chi connectivity index (χ1) is 11.3. The van der Waals surface area contributed by atoms with E-state index in [-0.39, 0.29) is 0 Å². The number of hydrogen-bond donors (Lipinski definition) is 1. The summed E-state index contributed by atoms with van der Waals surface area (Å²) in [7, 11) is 3.33. The molecule has 0 amide bonds. The molecular weight excluding hydrogens is 286 g/mol. The van der Waals surface area contributed by atoms with E-state index in [1.807, 2.05) is 12.1 Å². The van der Waals surface area contributed by atoms with Crippen molar-refractivity contribution in [2.45, 2.75) is 13.1 Å². The van der Waals surface area contributed by atoms with Crippen LogP contribution in [0.3, 0.4) is 0 Å². The van der Waals surface area contributed by atoms with Gasteiger partial charge in [0.15, 0.2) is 11.5 Å². The zero-order valence-corrected chi connectivity index (χ0v) is 13.5. The molecule has 118 valence electrons. The highest BCUT2D eigenvalue weighted by atomic mass is 16.5. The second kappa shape index (κ2) is 7.16. The summed E-state index contributed by atoms with van der Waals surface area (Å²) in [6, 6.07) is 20.9. The summed E-state index contributed by atoms with van der Waals surface area (Å²) in [4.78, 5) is 0. The second-order valence-electron chi connectivity index (χ2n) is 5.44. The first-order valence-electron chi connectivity index (χ1n) is 7.70. The highest BCUT2D eigenvalue weighted by Gasteiger charge is 2.08. The summed E-state index contributed by atoms with van der Waals surface area (Å²) >= 11 is 0. The van der Waals surface area contributed by atoms with Crippen LogP contribution in [-0.4, -0.2) is 14.2 Å². The molecule has 1 N–H and O–H groups in total. The van der Waals surface area contributed by atoms with E-state index in [9.17, 15) is 0 Å². The smallest absolute Gasteiger partial charge is 0.165 e. The van der Waals surface area contributed by atoms with E-state index in [4.69, 9.17) is 9.47 Å². The van der Waals surface area contributed by atoms with Crippen molar-refractivity contribution in [1.29, 1.82) is 0 Å². The van der Waals surface area contributed by atoms with Gasteiger partial charge in [-0.15, -0.1) is 0 Å². The second-order valence-corrected chi connectivity index (χ2v) is 5.44. The van der Waals surface area contributed by atoms with E-state index in [0.29, 0.717) is 0 Å². The highest BCUT2D eigenvalue weighted by Crippen LogP contribution is 2.30. The Morgan fingerprint density at radius 2 is 1.61 bits per heavy atom. The normalized spacial score (nSPS) is 10.7. The molecule has 0 radical (unpaired) electrons. The van der Waals surface area contributed by atoms with Crippen LogP contribution in [0.5, 0.6) is 11.5 Å². The Kier molecular flexibility index (Phi) is 4.79. The van der Waals surface area contributed by atoms with E-state index in [2.05, 4.69) is 53.8 Å². The van der Waals surface area contributed by atoms with Crippen LogP contribution in [0.15, 0.2) is 60.7 Å². The Bertz CT molecular complexity index is 799. The molecule has 0 aliphatic carbocycles. The molecule has 3 rings (SSSR count). The Hall–Kier alpha value is -2.52. The van der Waals surface area contributed by atoms with Crippen molar-refractivity contribution >= 4 is 10.8 Å². The van der Waals surface area contributed by atoms with Gasteiger partial charge in [-0.2, -0.15) is 0 Å². The molecule has 0 fully saturated rings. The fourth-order valence-electron chi connectivity index (χ4n) is 2.78. The minimum atomic E-state index is 0.729. The number of hydrogen-bond acceptors (Lipinski definition) is 3. The molecule has 3 aromatic rings. The van der Waals surface area contributed by atoms with Gasteiger partial charge in [0.25, 0.3) is 0 Å². The van der Waals surface area contributed by atoms with E-state index in [1.165, 1.54) is 16.3 Å². The third kappa shape index (κ3) is 3.46. The van der Waals surface area contributed by atoms with E-state index < -0.39 is 0 Å². The molecule has 0 bridgehead atoms. The Morgan fingerprint density at radius 1 is 0.783 bits per heavy atom. The molecule has 0 aliphatic rings. The number of methoxy groups -OCH3 is 2.